The molecule has 0 aliphatic carbocycles. The van der Waals surface area contributed by atoms with Crippen LogP contribution in [0.5, 0.6) is 0 Å². The molecular formula is C18H20N6OS. The number of carbonyl (C=O) groups is 1. The van der Waals surface area contributed by atoms with Gasteiger partial charge in [-0.25, -0.2) is 9.78 Å². The van der Waals surface area contributed by atoms with E-state index >= 15 is 0 Å². The molecule has 0 radical (unpaired) electrons. The molecule has 0 atom stereocenters. The topological polar surface area (TPSA) is 84.7 Å². The van der Waals surface area contributed by atoms with Gasteiger partial charge in [0.15, 0.2) is 5.82 Å². The van der Waals surface area contributed by atoms with Gasteiger partial charge in [0.1, 0.15) is 5.82 Å². The number of aryl methyl sites for hydroxylation is 1. The standard InChI is InChI=1S/C18H20N6OS/c1-13-22-23-16(24(13)2)11-20-18(25)21-15-7-5-6-14(10-15)12-26-17-8-3-4-9-19-17/h3-10H,11-12H2,1-2H3,(H2,20,21,25). The summed E-state index contributed by atoms with van der Waals surface area (Å²) in [5, 5.41) is 14.6. The van der Waals surface area contributed by atoms with Gasteiger partial charge in [-0.1, -0.05) is 18.2 Å². The summed E-state index contributed by atoms with van der Waals surface area (Å²) in [5.41, 5.74) is 1.86. The Bertz CT molecular complexity index is 880. The number of amides is 2. The van der Waals surface area contributed by atoms with Crippen LogP contribution in [0.25, 0.3) is 0 Å². The van der Waals surface area contributed by atoms with Gasteiger partial charge in [-0.3, -0.25) is 0 Å². The first kappa shape index (κ1) is 17.9. The first-order valence-electron chi connectivity index (χ1n) is 8.14. The van der Waals surface area contributed by atoms with Crippen LogP contribution in [0.1, 0.15) is 17.2 Å². The first-order valence-corrected chi connectivity index (χ1v) is 9.13. The zero-order chi connectivity index (χ0) is 18.4. The van der Waals surface area contributed by atoms with Crippen molar-refractivity contribution < 1.29 is 4.79 Å². The summed E-state index contributed by atoms with van der Waals surface area (Å²) in [6, 6.07) is 13.3. The third-order valence-corrected chi connectivity index (χ3v) is 4.81. The molecule has 7 nitrogen and oxygen atoms in total. The van der Waals surface area contributed by atoms with Crippen molar-refractivity contribution in [1.29, 1.82) is 0 Å². The molecule has 2 heterocycles. The maximum Gasteiger partial charge on any atom is 0.319 e. The van der Waals surface area contributed by atoms with Gasteiger partial charge in [0.05, 0.1) is 11.6 Å². The van der Waals surface area contributed by atoms with E-state index < -0.39 is 0 Å². The summed E-state index contributed by atoms with van der Waals surface area (Å²) in [6.07, 6.45) is 1.78. The molecule has 0 bridgehead atoms. The number of urea groups is 1. The van der Waals surface area contributed by atoms with Gasteiger partial charge in [-0.05, 0) is 36.8 Å². The number of hydrogen-bond donors (Lipinski definition) is 2. The summed E-state index contributed by atoms with van der Waals surface area (Å²) in [5.74, 6) is 2.30. The van der Waals surface area contributed by atoms with Crippen molar-refractivity contribution in [1.82, 2.24) is 25.1 Å². The molecule has 0 saturated heterocycles. The Hall–Kier alpha value is -2.87. The molecule has 0 fully saturated rings. The van der Waals surface area contributed by atoms with Crippen molar-refractivity contribution >= 4 is 23.5 Å². The quantitative estimate of drug-likeness (QED) is 0.653. The highest BCUT2D eigenvalue weighted by atomic mass is 32.2. The Labute approximate surface area is 156 Å². The molecule has 0 aliphatic heterocycles. The molecule has 2 amide bonds. The maximum absolute atomic E-state index is 12.1. The second-order valence-corrected chi connectivity index (χ2v) is 6.68. The van der Waals surface area contributed by atoms with Crippen LogP contribution >= 0.6 is 11.8 Å². The average molecular weight is 368 g/mol. The van der Waals surface area contributed by atoms with Crippen molar-refractivity contribution in [3.63, 3.8) is 0 Å². The Balaban J connectivity index is 1.52. The highest BCUT2D eigenvalue weighted by molar-refractivity contribution is 7.98. The van der Waals surface area contributed by atoms with E-state index in [2.05, 4.69) is 25.8 Å². The third-order valence-electron chi connectivity index (χ3n) is 3.80. The number of rotatable bonds is 6. The van der Waals surface area contributed by atoms with E-state index in [4.69, 9.17) is 0 Å². The fraction of sp³-hybridized carbons (Fsp3) is 0.222. The van der Waals surface area contributed by atoms with E-state index in [-0.39, 0.29) is 6.03 Å². The largest absolute Gasteiger partial charge is 0.331 e. The van der Waals surface area contributed by atoms with Crippen LogP contribution in [-0.2, 0) is 19.3 Å². The lowest BCUT2D eigenvalue weighted by atomic mass is 10.2. The van der Waals surface area contributed by atoms with Crippen LogP contribution in [0.4, 0.5) is 10.5 Å². The van der Waals surface area contributed by atoms with Crippen LogP contribution < -0.4 is 10.6 Å². The average Bonchev–Trinajstić information content (AvgIpc) is 2.98. The number of nitrogens with zero attached hydrogens (tertiary/aromatic N) is 4. The maximum atomic E-state index is 12.1. The van der Waals surface area contributed by atoms with Gasteiger partial charge >= 0.3 is 6.03 Å². The highest BCUT2D eigenvalue weighted by Crippen LogP contribution is 2.22. The molecule has 3 aromatic rings. The molecule has 0 unspecified atom stereocenters. The summed E-state index contributed by atoms with van der Waals surface area (Å²) in [6.45, 7) is 2.18. The minimum Gasteiger partial charge on any atom is -0.331 e. The number of aromatic nitrogens is 4. The molecule has 0 saturated carbocycles. The summed E-state index contributed by atoms with van der Waals surface area (Å²) >= 11 is 1.66. The molecule has 26 heavy (non-hydrogen) atoms. The van der Waals surface area contributed by atoms with Gasteiger partial charge in [-0.2, -0.15) is 0 Å². The summed E-state index contributed by atoms with van der Waals surface area (Å²) in [4.78, 5) is 16.4. The van der Waals surface area contributed by atoms with E-state index in [1.165, 1.54) is 0 Å². The van der Waals surface area contributed by atoms with Gasteiger partial charge in [0.25, 0.3) is 0 Å². The number of carbonyl (C=O) groups excluding carboxylic acids is 1. The number of anilines is 1. The molecule has 8 heteroatoms. The van der Waals surface area contributed by atoms with Gasteiger partial charge < -0.3 is 15.2 Å². The molecule has 0 aliphatic rings. The predicted octanol–water partition coefficient (Wildman–Crippen LogP) is 3.13. The van der Waals surface area contributed by atoms with Gasteiger partial charge in [-0.15, -0.1) is 22.0 Å². The summed E-state index contributed by atoms with van der Waals surface area (Å²) < 4.78 is 1.84. The van der Waals surface area contributed by atoms with Crippen molar-refractivity contribution in [2.45, 2.75) is 24.2 Å². The van der Waals surface area contributed by atoms with Crippen LogP contribution in [0.3, 0.4) is 0 Å². The van der Waals surface area contributed by atoms with E-state index in [0.717, 1.165) is 27.9 Å². The molecule has 2 N–H and O–H groups in total. The van der Waals surface area contributed by atoms with E-state index in [0.29, 0.717) is 12.4 Å². The fourth-order valence-corrected chi connectivity index (χ4v) is 3.07. The second kappa shape index (κ2) is 8.48. The molecule has 0 spiro atoms. The number of nitrogens with one attached hydrogen (secondary N) is 2. The molecule has 3 rings (SSSR count). The summed E-state index contributed by atoms with van der Waals surface area (Å²) in [7, 11) is 1.87. The lowest BCUT2D eigenvalue weighted by Gasteiger charge is -2.09. The molecule has 1 aromatic carbocycles. The van der Waals surface area contributed by atoms with Crippen LogP contribution in [0.2, 0.25) is 0 Å². The second-order valence-electron chi connectivity index (χ2n) is 5.69. The van der Waals surface area contributed by atoms with Crippen molar-refractivity contribution in [2.75, 3.05) is 5.32 Å². The van der Waals surface area contributed by atoms with Crippen LogP contribution in [0.15, 0.2) is 53.7 Å². The van der Waals surface area contributed by atoms with E-state index in [1.807, 2.05) is 61.0 Å². The number of pyridine rings is 1. The Morgan fingerprint density at radius 2 is 2.08 bits per heavy atom. The smallest absolute Gasteiger partial charge is 0.319 e. The van der Waals surface area contributed by atoms with Gasteiger partial charge in [0, 0.05) is 24.7 Å². The lowest BCUT2D eigenvalue weighted by molar-refractivity contribution is 0.251. The minimum atomic E-state index is -0.278. The van der Waals surface area contributed by atoms with Crippen LogP contribution in [-0.4, -0.2) is 25.8 Å². The Morgan fingerprint density at radius 3 is 2.81 bits per heavy atom. The molecule has 2 aromatic heterocycles. The minimum absolute atomic E-state index is 0.278. The molecule has 134 valence electrons. The Morgan fingerprint density at radius 1 is 1.19 bits per heavy atom. The predicted molar refractivity (Wildman–Crippen MR) is 102 cm³/mol. The SMILES string of the molecule is Cc1nnc(CNC(=O)Nc2cccc(CSc3ccccn3)c2)n1C. The van der Waals surface area contributed by atoms with Crippen molar-refractivity contribution in [2.24, 2.45) is 7.05 Å². The number of benzene rings is 1. The van der Waals surface area contributed by atoms with Crippen molar-refractivity contribution in [3.8, 4) is 0 Å². The lowest BCUT2D eigenvalue weighted by Crippen LogP contribution is -2.29. The highest BCUT2D eigenvalue weighted by Gasteiger charge is 2.07. The number of thioether (sulfide) groups is 1. The fourth-order valence-electron chi connectivity index (χ4n) is 2.27. The van der Waals surface area contributed by atoms with Crippen molar-refractivity contribution in [3.05, 3.63) is 65.9 Å². The van der Waals surface area contributed by atoms with E-state index in [9.17, 15) is 4.79 Å². The van der Waals surface area contributed by atoms with E-state index in [1.54, 1.807) is 18.0 Å². The molecular weight excluding hydrogens is 348 g/mol. The normalized spacial score (nSPS) is 10.5. The monoisotopic (exact) mass is 368 g/mol. The zero-order valence-electron chi connectivity index (χ0n) is 14.6. The van der Waals surface area contributed by atoms with Crippen LogP contribution in [0, 0.1) is 6.92 Å². The third kappa shape index (κ3) is 4.82. The number of hydrogen-bond acceptors (Lipinski definition) is 5. The zero-order valence-corrected chi connectivity index (χ0v) is 15.5. The Kier molecular flexibility index (Phi) is 5.85. The van der Waals surface area contributed by atoms with Gasteiger partial charge in [0.2, 0.25) is 0 Å². The first-order chi connectivity index (χ1) is 12.6.